The third-order valence-electron chi connectivity index (χ3n) is 4.78. The summed E-state index contributed by atoms with van der Waals surface area (Å²) in [6.45, 7) is 6.48. The average Bonchev–Trinajstić information content (AvgIpc) is 3.10. The molecular formula is C17H25N5O2. The van der Waals surface area contributed by atoms with Crippen LogP contribution in [-0.4, -0.2) is 73.5 Å². The van der Waals surface area contributed by atoms with Gasteiger partial charge in [0.25, 0.3) is 0 Å². The number of amides is 2. The Kier molecular flexibility index (Phi) is 5.44. The molecule has 2 fully saturated rings. The van der Waals surface area contributed by atoms with E-state index < -0.39 is 5.91 Å². The van der Waals surface area contributed by atoms with E-state index in [0.29, 0.717) is 23.8 Å². The van der Waals surface area contributed by atoms with E-state index in [9.17, 15) is 9.59 Å². The number of benzene rings is 1. The Morgan fingerprint density at radius 3 is 2.46 bits per heavy atom. The lowest BCUT2D eigenvalue weighted by Gasteiger charge is -2.37. The molecule has 1 unspecified atom stereocenters. The number of anilines is 1. The minimum atomic E-state index is -0.469. The van der Waals surface area contributed by atoms with Crippen molar-refractivity contribution in [3.8, 4) is 0 Å². The first-order valence-electron chi connectivity index (χ1n) is 8.48. The van der Waals surface area contributed by atoms with Gasteiger partial charge in [-0.2, -0.15) is 0 Å². The van der Waals surface area contributed by atoms with Crippen molar-refractivity contribution >= 4 is 17.5 Å². The van der Waals surface area contributed by atoms with Crippen LogP contribution in [0.4, 0.5) is 5.69 Å². The quantitative estimate of drug-likeness (QED) is 0.689. The second-order valence-corrected chi connectivity index (χ2v) is 6.45. The van der Waals surface area contributed by atoms with Gasteiger partial charge in [0.2, 0.25) is 11.8 Å². The van der Waals surface area contributed by atoms with E-state index in [1.807, 2.05) is 0 Å². The summed E-state index contributed by atoms with van der Waals surface area (Å²) in [5, 5.41) is 6.27. The number of hydrogen-bond donors (Lipinski definition) is 3. The highest BCUT2D eigenvalue weighted by molar-refractivity contribution is 5.95. The van der Waals surface area contributed by atoms with E-state index in [1.165, 1.54) is 6.42 Å². The normalized spacial score (nSPS) is 22.4. The lowest BCUT2D eigenvalue weighted by Crippen LogP contribution is -2.52. The number of piperazine rings is 1. The fourth-order valence-corrected chi connectivity index (χ4v) is 3.36. The topological polar surface area (TPSA) is 90.7 Å². The highest BCUT2D eigenvalue weighted by Gasteiger charge is 2.26. The summed E-state index contributed by atoms with van der Waals surface area (Å²) in [6.07, 6.45) is 1.22. The minimum Gasteiger partial charge on any atom is -0.366 e. The van der Waals surface area contributed by atoms with E-state index in [-0.39, 0.29) is 5.91 Å². The minimum absolute atomic E-state index is 0.0298. The predicted molar refractivity (Wildman–Crippen MR) is 92.9 cm³/mol. The van der Waals surface area contributed by atoms with Crippen molar-refractivity contribution in [2.75, 3.05) is 51.1 Å². The molecule has 0 spiro atoms. The molecule has 4 N–H and O–H groups in total. The maximum atomic E-state index is 12.2. The third-order valence-corrected chi connectivity index (χ3v) is 4.78. The van der Waals surface area contributed by atoms with Gasteiger partial charge in [0.1, 0.15) is 0 Å². The Bertz CT molecular complexity index is 575. The zero-order chi connectivity index (χ0) is 16.9. The highest BCUT2D eigenvalue weighted by Crippen LogP contribution is 2.13. The summed E-state index contributed by atoms with van der Waals surface area (Å²) in [5.41, 5.74) is 6.32. The van der Waals surface area contributed by atoms with Gasteiger partial charge < -0.3 is 16.4 Å². The Labute approximate surface area is 142 Å². The SMILES string of the molecule is NC(=O)c1ccc(NC(=O)CN2CCN(C3CCNC3)CC2)cc1. The summed E-state index contributed by atoms with van der Waals surface area (Å²) < 4.78 is 0. The smallest absolute Gasteiger partial charge is 0.248 e. The molecule has 24 heavy (non-hydrogen) atoms. The van der Waals surface area contributed by atoms with Crippen molar-refractivity contribution in [3.63, 3.8) is 0 Å². The van der Waals surface area contributed by atoms with E-state index in [1.54, 1.807) is 24.3 Å². The molecule has 2 aliphatic rings. The fraction of sp³-hybridized carbons (Fsp3) is 0.529. The van der Waals surface area contributed by atoms with Gasteiger partial charge in [-0.1, -0.05) is 0 Å². The molecule has 0 aromatic heterocycles. The summed E-state index contributed by atoms with van der Waals surface area (Å²) in [4.78, 5) is 27.9. The van der Waals surface area contributed by atoms with Crippen LogP contribution in [0.1, 0.15) is 16.8 Å². The molecule has 0 radical (unpaired) electrons. The largest absolute Gasteiger partial charge is 0.366 e. The van der Waals surface area contributed by atoms with Crippen LogP contribution in [-0.2, 0) is 4.79 Å². The first-order chi connectivity index (χ1) is 11.6. The highest BCUT2D eigenvalue weighted by atomic mass is 16.2. The molecule has 130 valence electrons. The van der Waals surface area contributed by atoms with Gasteiger partial charge in [0, 0.05) is 50.0 Å². The van der Waals surface area contributed by atoms with Gasteiger partial charge in [-0.25, -0.2) is 0 Å². The number of nitrogens with one attached hydrogen (secondary N) is 2. The number of primary amides is 1. The molecule has 1 aromatic carbocycles. The van der Waals surface area contributed by atoms with Crippen LogP contribution >= 0.6 is 0 Å². The Morgan fingerprint density at radius 2 is 1.88 bits per heavy atom. The number of carbonyl (C=O) groups excluding carboxylic acids is 2. The third kappa shape index (κ3) is 4.31. The summed E-state index contributed by atoms with van der Waals surface area (Å²) in [5.74, 6) is -0.499. The number of rotatable bonds is 5. The first-order valence-corrected chi connectivity index (χ1v) is 8.48. The summed E-state index contributed by atoms with van der Waals surface area (Å²) >= 11 is 0. The van der Waals surface area contributed by atoms with E-state index in [0.717, 1.165) is 39.3 Å². The van der Waals surface area contributed by atoms with Crippen LogP contribution in [0.15, 0.2) is 24.3 Å². The standard InChI is InChI=1S/C17H25N5O2/c18-17(24)13-1-3-14(4-2-13)20-16(23)12-21-7-9-22(10-8-21)15-5-6-19-11-15/h1-4,15,19H,5-12H2,(H2,18,24)(H,20,23). The van der Waals surface area contributed by atoms with E-state index in [4.69, 9.17) is 5.73 Å². The van der Waals surface area contributed by atoms with Gasteiger partial charge in [0.15, 0.2) is 0 Å². The van der Waals surface area contributed by atoms with E-state index in [2.05, 4.69) is 20.4 Å². The number of nitrogens with two attached hydrogens (primary N) is 1. The van der Waals surface area contributed by atoms with Crippen LogP contribution in [0.3, 0.4) is 0 Å². The average molecular weight is 331 g/mol. The molecule has 1 aromatic rings. The number of hydrogen-bond acceptors (Lipinski definition) is 5. The summed E-state index contributed by atoms with van der Waals surface area (Å²) in [6, 6.07) is 7.29. The fourth-order valence-electron chi connectivity index (χ4n) is 3.36. The molecular weight excluding hydrogens is 306 g/mol. The second kappa shape index (κ2) is 7.74. The molecule has 2 amide bonds. The van der Waals surface area contributed by atoms with Gasteiger partial charge >= 0.3 is 0 Å². The Morgan fingerprint density at radius 1 is 1.17 bits per heavy atom. The molecule has 2 aliphatic heterocycles. The number of carbonyl (C=O) groups is 2. The van der Waals surface area contributed by atoms with Gasteiger partial charge in [-0.05, 0) is 37.2 Å². The molecule has 0 saturated carbocycles. The van der Waals surface area contributed by atoms with Crippen LogP contribution < -0.4 is 16.4 Å². The molecule has 2 heterocycles. The van der Waals surface area contributed by atoms with Crippen molar-refractivity contribution < 1.29 is 9.59 Å². The monoisotopic (exact) mass is 331 g/mol. The van der Waals surface area contributed by atoms with E-state index >= 15 is 0 Å². The van der Waals surface area contributed by atoms with Crippen molar-refractivity contribution in [2.24, 2.45) is 5.73 Å². The predicted octanol–water partition coefficient (Wildman–Crippen LogP) is -0.296. The van der Waals surface area contributed by atoms with Crippen molar-refractivity contribution in [1.29, 1.82) is 0 Å². The maximum absolute atomic E-state index is 12.2. The summed E-state index contributed by atoms with van der Waals surface area (Å²) in [7, 11) is 0. The Hall–Kier alpha value is -1.96. The first kappa shape index (κ1) is 16.9. The molecule has 2 saturated heterocycles. The van der Waals surface area contributed by atoms with Crippen LogP contribution in [0, 0.1) is 0 Å². The molecule has 1 atom stereocenters. The zero-order valence-electron chi connectivity index (χ0n) is 13.8. The lowest BCUT2D eigenvalue weighted by molar-refractivity contribution is -0.117. The van der Waals surface area contributed by atoms with Crippen molar-refractivity contribution in [1.82, 2.24) is 15.1 Å². The molecule has 3 rings (SSSR count). The van der Waals surface area contributed by atoms with Gasteiger partial charge in [-0.3, -0.25) is 19.4 Å². The number of nitrogens with zero attached hydrogens (tertiary/aromatic N) is 2. The van der Waals surface area contributed by atoms with Gasteiger partial charge in [-0.15, -0.1) is 0 Å². The Balaban J connectivity index is 1.43. The van der Waals surface area contributed by atoms with Gasteiger partial charge in [0.05, 0.1) is 6.54 Å². The molecule has 7 heteroatoms. The molecule has 0 aliphatic carbocycles. The van der Waals surface area contributed by atoms with Crippen LogP contribution in [0.25, 0.3) is 0 Å². The van der Waals surface area contributed by atoms with Crippen molar-refractivity contribution in [2.45, 2.75) is 12.5 Å². The van der Waals surface area contributed by atoms with Crippen LogP contribution in [0.5, 0.6) is 0 Å². The lowest BCUT2D eigenvalue weighted by atomic mass is 10.2. The molecule has 7 nitrogen and oxygen atoms in total. The zero-order valence-corrected chi connectivity index (χ0v) is 13.8. The van der Waals surface area contributed by atoms with Crippen molar-refractivity contribution in [3.05, 3.63) is 29.8 Å². The maximum Gasteiger partial charge on any atom is 0.248 e. The molecule has 0 bridgehead atoms. The van der Waals surface area contributed by atoms with Crippen LogP contribution in [0.2, 0.25) is 0 Å². The second-order valence-electron chi connectivity index (χ2n) is 6.45.